The van der Waals surface area contributed by atoms with E-state index in [2.05, 4.69) is 167 Å². The fourth-order valence-corrected chi connectivity index (χ4v) is 9.00. The van der Waals surface area contributed by atoms with Crippen LogP contribution >= 0.6 is 0 Å². The van der Waals surface area contributed by atoms with Gasteiger partial charge in [0.2, 0.25) is 0 Å². The smallest absolute Gasteiger partial charge is 0.306 e. The van der Waals surface area contributed by atoms with Crippen molar-refractivity contribution in [3.63, 3.8) is 0 Å². The molecule has 6 heteroatoms. The van der Waals surface area contributed by atoms with Gasteiger partial charge in [-0.3, -0.25) is 14.4 Å². The average molecular weight is 1130 g/mol. The Kier molecular flexibility index (Phi) is 64.8. The van der Waals surface area contributed by atoms with Crippen molar-refractivity contribution in [1.29, 1.82) is 0 Å². The maximum Gasteiger partial charge on any atom is 0.306 e. The maximum atomic E-state index is 12.9. The van der Waals surface area contributed by atoms with Gasteiger partial charge >= 0.3 is 17.9 Å². The van der Waals surface area contributed by atoms with Gasteiger partial charge in [-0.25, -0.2) is 0 Å². The quantitative estimate of drug-likeness (QED) is 0.0261. The van der Waals surface area contributed by atoms with Crippen LogP contribution in [0.4, 0.5) is 0 Å². The average Bonchev–Trinajstić information content (AvgIpc) is 3.47. The van der Waals surface area contributed by atoms with E-state index >= 15 is 0 Å². The Morgan fingerprint density at radius 1 is 0.256 bits per heavy atom. The number of hydrogen-bond donors (Lipinski definition) is 0. The molecule has 0 fully saturated rings. The van der Waals surface area contributed by atoms with Crippen molar-refractivity contribution in [3.8, 4) is 0 Å². The molecule has 0 aromatic carbocycles. The molecule has 0 heterocycles. The molecule has 1 atom stereocenters. The van der Waals surface area contributed by atoms with E-state index in [-0.39, 0.29) is 31.1 Å². The van der Waals surface area contributed by atoms with Crippen LogP contribution in [0, 0.1) is 0 Å². The van der Waals surface area contributed by atoms with Crippen molar-refractivity contribution in [2.24, 2.45) is 0 Å². The molecule has 0 saturated heterocycles. The van der Waals surface area contributed by atoms with Crippen LogP contribution in [0.1, 0.15) is 297 Å². The van der Waals surface area contributed by atoms with Gasteiger partial charge in [-0.1, -0.05) is 282 Å². The Bertz CT molecular complexity index is 1780. The summed E-state index contributed by atoms with van der Waals surface area (Å²) in [5.74, 6) is -0.931. The van der Waals surface area contributed by atoms with Gasteiger partial charge in [0.25, 0.3) is 0 Å². The summed E-state index contributed by atoms with van der Waals surface area (Å²) in [7, 11) is 0. The van der Waals surface area contributed by atoms with Crippen molar-refractivity contribution in [2.75, 3.05) is 13.2 Å². The van der Waals surface area contributed by atoms with E-state index in [1.807, 2.05) is 0 Å². The molecule has 0 bridgehead atoms. The topological polar surface area (TPSA) is 78.9 Å². The van der Waals surface area contributed by atoms with Crippen molar-refractivity contribution in [1.82, 2.24) is 0 Å². The van der Waals surface area contributed by atoms with Gasteiger partial charge in [0, 0.05) is 19.3 Å². The molecule has 0 rings (SSSR count). The number of allylic oxidation sites excluding steroid dienone is 24. The third kappa shape index (κ3) is 66.1. The fourth-order valence-electron chi connectivity index (χ4n) is 9.00. The Morgan fingerprint density at radius 2 is 0.500 bits per heavy atom. The van der Waals surface area contributed by atoms with Crippen LogP contribution in [0.2, 0.25) is 0 Å². The lowest BCUT2D eigenvalue weighted by Gasteiger charge is -2.18. The highest BCUT2D eigenvalue weighted by Crippen LogP contribution is 2.15. The van der Waals surface area contributed by atoms with Crippen LogP contribution in [0.25, 0.3) is 0 Å². The van der Waals surface area contributed by atoms with Gasteiger partial charge < -0.3 is 14.2 Å². The zero-order chi connectivity index (χ0) is 59.2. The lowest BCUT2D eigenvalue weighted by molar-refractivity contribution is -0.167. The van der Waals surface area contributed by atoms with E-state index < -0.39 is 6.10 Å². The molecule has 0 aliphatic heterocycles. The van der Waals surface area contributed by atoms with Gasteiger partial charge in [-0.2, -0.15) is 0 Å². The number of esters is 3. The van der Waals surface area contributed by atoms with Crippen molar-refractivity contribution >= 4 is 17.9 Å². The largest absolute Gasteiger partial charge is 0.462 e. The molecule has 0 aliphatic carbocycles. The number of hydrogen-bond acceptors (Lipinski definition) is 6. The van der Waals surface area contributed by atoms with Gasteiger partial charge in [-0.15, -0.1) is 0 Å². The minimum absolute atomic E-state index is 0.0967. The van der Waals surface area contributed by atoms with E-state index in [0.717, 1.165) is 167 Å². The van der Waals surface area contributed by atoms with Crippen LogP contribution in [-0.2, 0) is 28.6 Å². The molecule has 0 amide bonds. The predicted octanol–water partition coefficient (Wildman–Crippen LogP) is 23.5. The molecule has 0 saturated carbocycles. The summed E-state index contributed by atoms with van der Waals surface area (Å²) in [6, 6.07) is 0. The first-order valence-corrected chi connectivity index (χ1v) is 33.8. The zero-order valence-corrected chi connectivity index (χ0v) is 53.2. The fraction of sp³-hybridized carbons (Fsp3) is 0.645. The van der Waals surface area contributed by atoms with Crippen molar-refractivity contribution < 1.29 is 28.6 Å². The summed E-state index contributed by atoms with van der Waals surface area (Å²) in [6.07, 6.45) is 98.6. The summed E-state index contributed by atoms with van der Waals surface area (Å²) in [5, 5.41) is 0. The van der Waals surface area contributed by atoms with Crippen LogP contribution in [0.3, 0.4) is 0 Å². The Hall–Kier alpha value is -4.71. The van der Waals surface area contributed by atoms with Gasteiger partial charge in [0.15, 0.2) is 6.10 Å². The highest BCUT2D eigenvalue weighted by atomic mass is 16.6. The number of carbonyl (C=O) groups excluding carboxylic acids is 3. The summed E-state index contributed by atoms with van der Waals surface area (Å²) in [6.45, 7) is 6.44. The van der Waals surface area contributed by atoms with E-state index in [0.29, 0.717) is 19.3 Å². The maximum absolute atomic E-state index is 12.9. The predicted molar refractivity (Wildman–Crippen MR) is 357 cm³/mol. The molecule has 0 radical (unpaired) electrons. The molecule has 0 N–H and O–H groups in total. The van der Waals surface area contributed by atoms with Crippen molar-refractivity contribution in [2.45, 2.75) is 303 Å². The van der Waals surface area contributed by atoms with E-state index in [1.165, 1.54) is 89.9 Å². The second-order valence-electron chi connectivity index (χ2n) is 22.0. The lowest BCUT2D eigenvalue weighted by atomic mass is 10.1. The second-order valence-corrected chi connectivity index (χ2v) is 22.0. The number of unbranched alkanes of at least 4 members (excludes halogenated alkanes) is 25. The third-order valence-corrected chi connectivity index (χ3v) is 14.0. The zero-order valence-electron chi connectivity index (χ0n) is 53.2. The summed E-state index contributed by atoms with van der Waals surface area (Å²) in [4.78, 5) is 38.3. The summed E-state index contributed by atoms with van der Waals surface area (Å²) < 4.78 is 16.9. The third-order valence-electron chi connectivity index (χ3n) is 14.0. The minimum Gasteiger partial charge on any atom is -0.462 e. The number of carbonyl (C=O) groups is 3. The molecule has 0 aliphatic rings. The molecule has 6 nitrogen and oxygen atoms in total. The minimum atomic E-state index is -0.801. The first-order chi connectivity index (χ1) is 40.5. The molecule has 0 spiro atoms. The monoisotopic (exact) mass is 1130 g/mol. The lowest BCUT2D eigenvalue weighted by Crippen LogP contribution is -2.30. The normalized spacial score (nSPS) is 13.1. The molecule has 464 valence electrons. The summed E-state index contributed by atoms with van der Waals surface area (Å²) >= 11 is 0. The molecule has 82 heavy (non-hydrogen) atoms. The first kappa shape index (κ1) is 77.3. The molecule has 0 aromatic rings. The SMILES string of the molecule is CC/C=C\C/C=C\C/C=C\C/C=C\C/C=C\C/C=C\C/C=C\C/C=C\C/C=C\CCCCCCCC(=O)OCC(COC(=O)CCCCCCC/C=C\C/C=C\CCC)OC(=O)CCCCCCCCC/C=C\CCCCCCCCC. The van der Waals surface area contributed by atoms with Gasteiger partial charge in [0.05, 0.1) is 0 Å². The highest BCUT2D eigenvalue weighted by Gasteiger charge is 2.19. The van der Waals surface area contributed by atoms with Crippen LogP contribution in [0.5, 0.6) is 0 Å². The van der Waals surface area contributed by atoms with Crippen LogP contribution in [-0.4, -0.2) is 37.2 Å². The van der Waals surface area contributed by atoms with Gasteiger partial charge in [0.1, 0.15) is 13.2 Å². The Labute approximate surface area is 506 Å². The Balaban J connectivity index is 4.35. The van der Waals surface area contributed by atoms with E-state index in [9.17, 15) is 14.4 Å². The first-order valence-electron chi connectivity index (χ1n) is 33.8. The molecule has 1 unspecified atom stereocenters. The number of ether oxygens (including phenoxy) is 3. The molecule has 0 aromatic heterocycles. The molecular formula is C76H124O6. The van der Waals surface area contributed by atoms with E-state index in [4.69, 9.17) is 14.2 Å². The standard InChI is InChI=1S/C76H124O6/c1-4-7-10-13-16-19-22-25-27-29-31-32-33-34-35-36-37-38-39-40-41-42-43-44-45-47-48-51-54-57-60-63-66-69-75(78)81-72-73(71-80-74(77)68-65-62-59-56-53-50-24-21-18-15-12-9-6-3)82-76(79)70-67-64-61-58-55-52-49-46-30-28-26-23-20-17-14-11-8-5-2/h7,10,12,15-16,19,21,24-25,27-28,30-32,34-35,37-38,40-41,43-44,47-48,73H,4-6,8-9,11,13-14,17-18,20,22-23,26,29,33,36,39,42,45-46,49-72H2,1-3H3/b10-7-,15-12-,19-16-,24-21-,27-25-,30-28-,32-31-,35-34-,38-37-,41-40-,44-43-,48-47-. The van der Waals surface area contributed by atoms with E-state index in [1.54, 1.807) is 0 Å². The second kappa shape index (κ2) is 68.8. The molecular weight excluding hydrogens is 1010 g/mol. The highest BCUT2D eigenvalue weighted by molar-refractivity contribution is 5.71. The summed E-state index contributed by atoms with van der Waals surface area (Å²) in [5.41, 5.74) is 0. The van der Waals surface area contributed by atoms with Crippen LogP contribution in [0.15, 0.2) is 146 Å². The van der Waals surface area contributed by atoms with Gasteiger partial charge in [-0.05, 0) is 141 Å². The van der Waals surface area contributed by atoms with Crippen LogP contribution < -0.4 is 0 Å². The Morgan fingerprint density at radius 3 is 0.805 bits per heavy atom. The number of rotatable bonds is 60. The van der Waals surface area contributed by atoms with Crippen molar-refractivity contribution in [3.05, 3.63) is 146 Å².